The largest absolute Gasteiger partial charge is 0.296 e. The number of carbonyl (C=O) groups is 1. The molecule has 0 radical (unpaired) electrons. The van der Waals surface area contributed by atoms with E-state index in [9.17, 15) is 9.18 Å². The van der Waals surface area contributed by atoms with Gasteiger partial charge >= 0.3 is 0 Å². The van der Waals surface area contributed by atoms with E-state index < -0.39 is 0 Å². The summed E-state index contributed by atoms with van der Waals surface area (Å²) in [6.07, 6.45) is 2.53. The van der Waals surface area contributed by atoms with Gasteiger partial charge in [0.05, 0.1) is 15.9 Å². The van der Waals surface area contributed by atoms with Gasteiger partial charge in [-0.05, 0) is 30.3 Å². The molecule has 0 fully saturated rings. The van der Waals surface area contributed by atoms with Gasteiger partial charge in [0, 0.05) is 6.20 Å². The summed E-state index contributed by atoms with van der Waals surface area (Å²) >= 11 is 1.35. The third kappa shape index (κ3) is 1.64. The lowest BCUT2D eigenvalue weighted by atomic mass is 10.3. The first-order chi connectivity index (χ1) is 8.28. The molecule has 0 N–H and O–H groups in total. The predicted octanol–water partition coefficient (Wildman–Crippen LogP) is 3.04. The van der Waals surface area contributed by atoms with Crippen LogP contribution in [-0.2, 0) is 0 Å². The van der Waals surface area contributed by atoms with Crippen molar-refractivity contribution in [2.24, 2.45) is 0 Å². The molecule has 0 amide bonds. The number of aldehydes is 1. The van der Waals surface area contributed by atoms with Gasteiger partial charge in [-0.2, -0.15) is 0 Å². The zero-order valence-electron chi connectivity index (χ0n) is 8.63. The fourth-order valence-corrected chi connectivity index (χ4v) is 2.65. The highest BCUT2D eigenvalue weighted by Crippen LogP contribution is 2.26. The lowest BCUT2D eigenvalue weighted by Crippen LogP contribution is -1.95. The molecule has 0 bridgehead atoms. The van der Waals surface area contributed by atoms with Crippen molar-refractivity contribution < 1.29 is 9.18 Å². The average Bonchev–Trinajstić information content (AvgIpc) is 2.93. The molecule has 3 rings (SSSR count). The zero-order valence-corrected chi connectivity index (χ0v) is 9.45. The summed E-state index contributed by atoms with van der Waals surface area (Å²) in [7, 11) is 0. The Bertz CT molecular complexity index is 701. The maximum absolute atomic E-state index is 13.0. The minimum absolute atomic E-state index is 0.282. The van der Waals surface area contributed by atoms with Crippen molar-refractivity contribution in [3.05, 3.63) is 48.0 Å². The number of fused-ring (bicyclic) bond motifs is 1. The van der Waals surface area contributed by atoms with Crippen molar-refractivity contribution >= 4 is 27.8 Å². The van der Waals surface area contributed by atoms with Crippen LogP contribution in [0.15, 0.2) is 36.5 Å². The molecule has 2 aromatic heterocycles. The summed E-state index contributed by atoms with van der Waals surface area (Å²) in [6.45, 7) is 0. The molecule has 3 nitrogen and oxygen atoms in total. The van der Waals surface area contributed by atoms with E-state index in [1.165, 1.54) is 23.5 Å². The van der Waals surface area contributed by atoms with Crippen LogP contribution in [0.3, 0.4) is 0 Å². The lowest BCUT2D eigenvalue weighted by Gasteiger charge is -1.97. The predicted molar refractivity (Wildman–Crippen MR) is 64.3 cm³/mol. The molecule has 3 aromatic rings. The molecular weight excluding hydrogens is 239 g/mol. The summed E-state index contributed by atoms with van der Waals surface area (Å²) in [4.78, 5) is 15.2. The third-order valence-corrected chi connectivity index (χ3v) is 3.46. The van der Waals surface area contributed by atoms with E-state index in [0.29, 0.717) is 10.8 Å². The van der Waals surface area contributed by atoms with Crippen LogP contribution in [0.5, 0.6) is 0 Å². The Balaban J connectivity index is 2.21. The number of hydrogen-bond donors (Lipinski definition) is 0. The molecule has 17 heavy (non-hydrogen) atoms. The van der Waals surface area contributed by atoms with Gasteiger partial charge in [-0.25, -0.2) is 9.37 Å². The Morgan fingerprint density at radius 2 is 2.24 bits per heavy atom. The van der Waals surface area contributed by atoms with Crippen LogP contribution in [0.1, 0.15) is 10.5 Å². The van der Waals surface area contributed by atoms with Crippen LogP contribution in [0.2, 0.25) is 0 Å². The van der Waals surface area contributed by atoms with Crippen LogP contribution in [0, 0.1) is 5.82 Å². The molecule has 1 aromatic carbocycles. The second-order valence-corrected chi connectivity index (χ2v) is 4.54. The zero-order chi connectivity index (χ0) is 11.8. The van der Waals surface area contributed by atoms with Crippen LogP contribution in [0.25, 0.3) is 15.3 Å². The third-order valence-electron chi connectivity index (χ3n) is 2.45. The van der Waals surface area contributed by atoms with Gasteiger partial charge in [0.25, 0.3) is 0 Å². The molecule has 0 spiro atoms. The fraction of sp³-hybridized carbons (Fsp3) is 0. The maximum Gasteiger partial charge on any atom is 0.195 e. The first-order valence-corrected chi connectivity index (χ1v) is 5.78. The number of carbonyl (C=O) groups excluding carboxylic acids is 1. The number of thiazole rings is 1. The maximum atomic E-state index is 13.0. The quantitative estimate of drug-likeness (QED) is 0.651. The molecule has 5 heteroatoms. The molecule has 0 unspecified atom stereocenters. The van der Waals surface area contributed by atoms with Gasteiger partial charge in [0.1, 0.15) is 5.82 Å². The number of rotatable bonds is 2. The Labute approximate surface area is 100 Å². The summed E-state index contributed by atoms with van der Waals surface area (Å²) in [6, 6.07) is 7.94. The summed E-state index contributed by atoms with van der Waals surface area (Å²) in [5, 5.41) is 0.665. The highest BCUT2D eigenvalue weighted by molar-refractivity contribution is 7.20. The molecule has 0 aliphatic heterocycles. The molecular formula is C12H7FN2OS. The Hall–Kier alpha value is -2.01. The normalized spacial score (nSPS) is 10.9. The number of nitrogens with zero attached hydrogens (tertiary/aromatic N) is 2. The van der Waals surface area contributed by atoms with Crippen molar-refractivity contribution in [1.82, 2.24) is 9.55 Å². The number of aromatic nitrogens is 2. The van der Waals surface area contributed by atoms with E-state index in [1.54, 1.807) is 29.0 Å². The van der Waals surface area contributed by atoms with Crippen LogP contribution < -0.4 is 0 Å². The standard InChI is InChI=1S/C12H7FN2OS/c13-8-3-4-10-11(6-8)17-12(14-10)15-5-1-2-9(15)7-16/h1-7H. The minimum Gasteiger partial charge on any atom is -0.296 e. The Kier molecular flexibility index (Phi) is 2.26. The average molecular weight is 246 g/mol. The van der Waals surface area contributed by atoms with E-state index >= 15 is 0 Å². The van der Waals surface area contributed by atoms with E-state index in [-0.39, 0.29) is 5.82 Å². The van der Waals surface area contributed by atoms with Gasteiger partial charge in [-0.3, -0.25) is 9.36 Å². The summed E-state index contributed by atoms with van der Waals surface area (Å²) in [5.41, 5.74) is 1.27. The second kappa shape index (κ2) is 3.78. The molecule has 2 heterocycles. The minimum atomic E-state index is -0.282. The van der Waals surface area contributed by atoms with E-state index in [2.05, 4.69) is 4.98 Å². The lowest BCUT2D eigenvalue weighted by molar-refractivity contribution is 0.111. The van der Waals surface area contributed by atoms with Crippen LogP contribution in [0.4, 0.5) is 4.39 Å². The molecule has 0 aliphatic carbocycles. The smallest absolute Gasteiger partial charge is 0.195 e. The molecule has 0 saturated heterocycles. The van der Waals surface area contributed by atoms with Crippen molar-refractivity contribution in [2.45, 2.75) is 0 Å². The summed E-state index contributed by atoms with van der Waals surface area (Å²) < 4.78 is 15.5. The van der Waals surface area contributed by atoms with Gasteiger partial charge in [0.15, 0.2) is 11.4 Å². The number of benzene rings is 1. The first-order valence-electron chi connectivity index (χ1n) is 4.97. The van der Waals surface area contributed by atoms with Gasteiger partial charge in [0.2, 0.25) is 0 Å². The Morgan fingerprint density at radius 3 is 3.06 bits per heavy atom. The number of halogens is 1. The Morgan fingerprint density at radius 1 is 1.35 bits per heavy atom. The summed E-state index contributed by atoms with van der Waals surface area (Å²) in [5.74, 6) is -0.282. The van der Waals surface area contributed by atoms with E-state index in [0.717, 1.165) is 16.5 Å². The van der Waals surface area contributed by atoms with Crippen molar-refractivity contribution in [3.8, 4) is 5.13 Å². The molecule has 84 valence electrons. The van der Waals surface area contributed by atoms with E-state index in [4.69, 9.17) is 0 Å². The van der Waals surface area contributed by atoms with Gasteiger partial charge < -0.3 is 0 Å². The molecule has 0 saturated carbocycles. The number of hydrogen-bond acceptors (Lipinski definition) is 3. The first kappa shape index (κ1) is 10.2. The van der Waals surface area contributed by atoms with Gasteiger partial charge in [-0.1, -0.05) is 11.3 Å². The highest BCUT2D eigenvalue weighted by Gasteiger charge is 2.08. The second-order valence-electron chi connectivity index (χ2n) is 3.53. The fourth-order valence-electron chi connectivity index (χ4n) is 1.65. The van der Waals surface area contributed by atoms with Crippen LogP contribution >= 0.6 is 11.3 Å². The van der Waals surface area contributed by atoms with E-state index in [1.807, 2.05) is 0 Å². The SMILES string of the molecule is O=Cc1cccn1-c1nc2ccc(F)cc2s1. The van der Waals surface area contributed by atoms with Crippen molar-refractivity contribution in [2.75, 3.05) is 0 Å². The van der Waals surface area contributed by atoms with Crippen molar-refractivity contribution in [3.63, 3.8) is 0 Å². The molecule has 0 aliphatic rings. The van der Waals surface area contributed by atoms with Crippen LogP contribution in [-0.4, -0.2) is 15.8 Å². The monoisotopic (exact) mass is 246 g/mol. The van der Waals surface area contributed by atoms with Gasteiger partial charge in [-0.15, -0.1) is 0 Å². The molecule has 0 atom stereocenters. The van der Waals surface area contributed by atoms with Crippen molar-refractivity contribution in [1.29, 1.82) is 0 Å². The highest BCUT2D eigenvalue weighted by atomic mass is 32.1. The topological polar surface area (TPSA) is 34.9 Å².